The van der Waals surface area contributed by atoms with Crippen LogP contribution in [0.1, 0.15) is 37.7 Å². The SMILES string of the molecule is [Zn+][Br].[c-]1ccc(COC2CCCCC2)cc1. The predicted octanol–water partition coefficient (Wildman–Crippen LogP) is 4.18. The van der Waals surface area contributed by atoms with Crippen LogP contribution in [0.2, 0.25) is 0 Å². The Morgan fingerprint density at radius 3 is 2.44 bits per heavy atom. The Morgan fingerprint density at radius 1 is 1.19 bits per heavy atom. The molecule has 1 fully saturated rings. The zero-order valence-electron chi connectivity index (χ0n) is 9.62. The number of ether oxygens (including phenoxy) is 1. The van der Waals surface area contributed by atoms with Crippen LogP contribution in [0.4, 0.5) is 0 Å². The molecule has 0 aliphatic heterocycles. The number of hydrogen-bond donors (Lipinski definition) is 0. The fourth-order valence-corrected chi connectivity index (χ4v) is 1.96. The van der Waals surface area contributed by atoms with Crippen LogP contribution in [0.25, 0.3) is 0 Å². The van der Waals surface area contributed by atoms with Crippen molar-refractivity contribution in [2.45, 2.75) is 44.8 Å². The Kier molecular flexibility index (Phi) is 8.36. The molecule has 0 saturated heterocycles. The van der Waals surface area contributed by atoms with Gasteiger partial charge in [0.2, 0.25) is 0 Å². The van der Waals surface area contributed by atoms with E-state index in [0.29, 0.717) is 6.10 Å². The van der Waals surface area contributed by atoms with Gasteiger partial charge >= 0.3 is 30.0 Å². The van der Waals surface area contributed by atoms with Crippen molar-refractivity contribution in [2.24, 2.45) is 0 Å². The van der Waals surface area contributed by atoms with Crippen LogP contribution >= 0.6 is 13.6 Å². The molecule has 1 aromatic rings. The first-order chi connectivity index (χ1) is 7.95. The first-order valence-electron chi connectivity index (χ1n) is 5.78. The second kappa shape index (κ2) is 9.33. The largest absolute Gasteiger partial charge is 0.376 e. The third kappa shape index (κ3) is 5.56. The maximum absolute atomic E-state index is 5.86. The van der Waals surface area contributed by atoms with Gasteiger partial charge in [0.15, 0.2) is 0 Å². The average Bonchev–Trinajstić information content (AvgIpc) is 2.41. The van der Waals surface area contributed by atoms with E-state index in [4.69, 9.17) is 4.74 Å². The average molecular weight is 335 g/mol. The number of rotatable bonds is 3. The Labute approximate surface area is 115 Å². The van der Waals surface area contributed by atoms with E-state index in [1.54, 1.807) is 0 Å². The van der Waals surface area contributed by atoms with E-state index >= 15 is 0 Å². The van der Waals surface area contributed by atoms with Crippen molar-refractivity contribution in [1.29, 1.82) is 0 Å². The summed E-state index contributed by atoms with van der Waals surface area (Å²) in [4.78, 5) is 0. The fourth-order valence-electron chi connectivity index (χ4n) is 1.96. The molecule has 84 valence electrons. The van der Waals surface area contributed by atoms with E-state index in [1.807, 2.05) is 12.1 Å². The molecule has 0 bridgehead atoms. The van der Waals surface area contributed by atoms with Crippen LogP contribution < -0.4 is 0 Å². The number of halogens is 1. The van der Waals surface area contributed by atoms with Crippen LogP contribution in [0.15, 0.2) is 24.3 Å². The van der Waals surface area contributed by atoms with E-state index in [0.717, 1.165) is 6.61 Å². The minimum atomic E-state index is 0.507. The van der Waals surface area contributed by atoms with Crippen molar-refractivity contribution in [3.05, 3.63) is 35.9 Å². The van der Waals surface area contributed by atoms with Gasteiger partial charge in [-0.25, -0.2) is 0 Å². The number of benzene rings is 1. The molecule has 16 heavy (non-hydrogen) atoms. The summed E-state index contributed by atoms with van der Waals surface area (Å²) in [6.45, 7) is 0.763. The van der Waals surface area contributed by atoms with Crippen LogP contribution in [0.5, 0.6) is 0 Å². The van der Waals surface area contributed by atoms with Gasteiger partial charge in [0.1, 0.15) is 0 Å². The molecular weight excluding hydrogens is 317 g/mol. The molecule has 1 nitrogen and oxygen atoms in total. The molecule has 0 N–H and O–H groups in total. The molecule has 1 saturated carbocycles. The van der Waals surface area contributed by atoms with Gasteiger partial charge in [-0.05, 0) is 12.8 Å². The van der Waals surface area contributed by atoms with Gasteiger partial charge in [0.25, 0.3) is 0 Å². The second-order valence-corrected chi connectivity index (χ2v) is 3.98. The maximum Gasteiger partial charge on any atom is 0.0578 e. The van der Waals surface area contributed by atoms with Crippen LogP contribution in [-0.2, 0) is 27.7 Å². The molecular formula is C13H17BrOZn. The maximum atomic E-state index is 5.86. The zero-order valence-corrected chi connectivity index (χ0v) is 14.2. The third-order valence-corrected chi connectivity index (χ3v) is 2.83. The van der Waals surface area contributed by atoms with Gasteiger partial charge in [-0.1, -0.05) is 19.3 Å². The monoisotopic (exact) mass is 332 g/mol. The predicted molar refractivity (Wildman–Crippen MR) is 65.9 cm³/mol. The summed E-state index contributed by atoms with van der Waals surface area (Å²) in [5, 5.41) is 0. The van der Waals surface area contributed by atoms with Gasteiger partial charge in [-0.2, -0.15) is 30.3 Å². The molecule has 2 rings (SSSR count). The van der Waals surface area contributed by atoms with Crippen LogP contribution in [-0.4, -0.2) is 6.10 Å². The molecule has 3 heteroatoms. The molecule has 0 unspecified atom stereocenters. The van der Waals surface area contributed by atoms with Crippen molar-refractivity contribution in [1.82, 2.24) is 0 Å². The number of hydrogen-bond acceptors (Lipinski definition) is 1. The van der Waals surface area contributed by atoms with Gasteiger partial charge < -0.3 is 4.74 Å². The van der Waals surface area contributed by atoms with Crippen molar-refractivity contribution in [3.63, 3.8) is 0 Å². The quantitative estimate of drug-likeness (QED) is 0.595. The summed E-state index contributed by atoms with van der Waals surface area (Å²) in [6.07, 6.45) is 7.08. The fraction of sp³-hybridized carbons (Fsp3) is 0.538. The molecule has 0 aromatic heterocycles. The topological polar surface area (TPSA) is 9.23 Å². The molecule has 1 aromatic carbocycles. The van der Waals surface area contributed by atoms with Gasteiger partial charge in [-0.3, -0.25) is 0 Å². The van der Waals surface area contributed by atoms with Crippen molar-refractivity contribution in [2.75, 3.05) is 0 Å². The van der Waals surface area contributed by atoms with Crippen molar-refractivity contribution in [3.8, 4) is 0 Å². The molecule has 0 atom stereocenters. The first-order valence-corrected chi connectivity index (χ1v) is 12.7. The van der Waals surface area contributed by atoms with Gasteiger partial charge in [0, 0.05) is 0 Å². The van der Waals surface area contributed by atoms with E-state index in [-0.39, 0.29) is 0 Å². The Bertz CT molecular complexity index is 260. The van der Waals surface area contributed by atoms with Crippen molar-refractivity contribution >= 4 is 13.6 Å². The Balaban J connectivity index is 0.000000606. The van der Waals surface area contributed by atoms with Gasteiger partial charge in [-0.15, -0.1) is 5.56 Å². The summed E-state index contributed by atoms with van der Waals surface area (Å²) in [5.74, 6) is 0. The summed E-state index contributed by atoms with van der Waals surface area (Å²) in [5.41, 5.74) is 1.26. The molecule has 0 heterocycles. The second-order valence-electron chi connectivity index (χ2n) is 3.98. The molecule has 1 aliphatic rings. The van der Waals surface area contributed by atoms with Gasteiger partial charge in [0.05, 0.1) is 12.7 Å². The third-order valence-electron chi connectivity index (χ3n) is 2.83. The summed E-state index contributed by atoms with van der Waals surface area (Å²) in [6, 6.07) is 11.0. The molecule has 0 amide bonds. The van der Waals surface area contributed by atoms with Crippen LogP contribution in [0, 0.1) is 6.07 Å². The molecule has 0 spiro atoms. The van der Waals surface area contributed by atoms with Crippen LogP contribution in [0.3, 0.4) is 0 Å². The Morgan fingerprint density at radius 2 is 1.81 bits per heavy atom. The smallest absolute Gasteiger partial charge is 0.0578 e. The summed E-state index contributed by atoms with van der Waals surface area (Å²) >= 11 is 4.25. The minimum Gasteiger partial charge on any atom is -0.376 e. The molecule has 0 radical (unpaired) electrons. The normalized spacial score (nSPS) is 16.4. The standard InChI is InChI=1S/C13H17O.BrH.Zn/c1-3-7-12(8-4-1)11-14-13-9-5-2-6-10-13;;/h3-4,7-8,13H,2,5-6,9-11H2;1H;/q-1;;+2/p-1. The first kappa shape index (κ1) is 14.3. The summed E-state index contributed by atoms with van der Waals surface area (Å²) in [7, 11) is 0. The van der Waals surface area contributed by atoms with E-state index in [9.17, 15) is 0 Å². The Hall–Kier alpha value is 0.283. The van der Waals surface area contributed by atoms with E-state index in [2.05, 4.69) is 31.8 Å². The van der Waals surface area contributed by atoms with E-state index < -0.39 is 0 Å². The summed E-state index contributed by atoms with van der Waals surface area (Å²) < 4.78 is 5.86. The van der Waals surface area contributed by atoms with Crippen molar-refractivity contribution < 1.29 is 21.1 Å². The minimum absolute atomic E-state index is 0.507. The van der Waals surface area contributed by atoms with E-state index in [1.165, 1.54) is 54.0 Å². The zero-order chi connectivity index (χ0) is 11.6. The molecule has 1 aliphatic carbocycles.